The first-order chi connectivity index (χ1) is 9.06. The molecule has 2 atom stereocenters. The van der Waals surface area contributed by atoms with Crippen molar-refractivity contribution in [2.75, 3.05) is 26.9 Å². The zero-order chi connectivity index (χ0) is 13.9. The Morgan fingerprint density at radius 3 is 2.95 bits per heavy atom. The average molecular weight is 269 g/mol. The number of nitrogens with one attached hydrogen (secondary N) is 1. The van der Waals surface area contributed by atoms with E-state index in [0.29, 0.717) is 25.3 Å². The van der Waals surface area contributed by atoms with Gasteiger partial charge in [-0.1, -0.05) is 6.07 Å². The zero-order valence-electron chi connectivity index (χ0n) is 11.3. The van der Waals surface area contributed by atoms with Crippen LogP contribution in [-0.2, 0) is 9.47 Å². The minimum atomic E-state index is -0.439. The first-order valence-electron chi connectivity index (χ1n) is 6.41. The van der Waals surface area contributed by atoms with Crippen LogP contribution < -0.4 is 5.32 Å². The van der Waals surface area contributed by atoms with Crippen molar-refractivity contribution in [3.8, 4) is 5.75 Å². The molecule has 5 heteroatoms. The second kappa shape index (κ2) is 5.86. The third kappa shape index (κ3) is 3.23. The Balaban J connectivity index is 1.99. The van der Waals surface area contributed by atoms with Gasteiger partial charge in [0.1, 0.15) is 17.2 Å². The molecule has 1 aromatic rings. The quantitative estimate of drug-likeness (QED) is 0.858. The Kier molecular flexibility index (Phi) is 4.39. The summed E-state index contributed by atoms with van der Waals surface area (Å²) in [6.45, 7) is 3.82. The maximum Gasteiger partial charge on any atom is 0.126 e. The van der Waals surface area contributed by atoms with E-state index in [1.165, 1.54) is 6.07 Å². The van der Waals surface area contributed by atoms with E-state index in [9.17, 15) is 9.50 Å². The summed E-state index contributed by atoms with van der Waals surface area (Å²) >= 11 is 0. The van der Waals surface area contributed by atoms with E-state index in [1.807, 2.05) is 6.92 Å². The summed E-state index contributed by atoms with van der Waals surface area (Å²) in [6.07, 6.45) is 0.846. The van der Waals surface area contributed by atoms with Gasteiger partial charge in [0, 0.05) is 44.4 Å². The van der Waals surface area contributed by atoms with Crippen molar-refractivity contribution in [1.82, 2.24) is 5.32 Å². The number of hydrogen-bond acceptors (Lipinski definition) is 4. The Bertz CT molecular complexity index is 433. The number of hydrogen-bond donors (Lipinski definition) is 2. The van der Waals surface area contributed by atoms with Gasteiger partial charge in [0.05, 0.1) is 6.61 Å². The maximum atomic E-state index is 12.9. The van der Waals surface area contributed by atoms with Crippen LogP contribution in [0.5, 0.6) is 5.75 Å². The molecule has 1 heterocycles. The number of halogens is 1. The Labute approximate surface area is 112 Å². The third-order valence-corrected chi connectivity index (χ3v) is 3.69. The van der Waals surface area contributed by atoms with Gasteiger partial charge in [-0.25, -0.2) is 4.39 Å². The second-order valence-electron chi connectivity index (χ2n) is 5.00. The molecule has 1 aliphatic heterocycles. The van der Waals surface area contributed by atoms with Gasteiger partial charge in [0.15, 0.2) is 0 Å². The molecule has 0 amide bonds. The number of methoxy groups -OCH3 is 1. The van der Waals surface area contributed by atoms with Crippen LogP contribution in [0.1, 0.15) is 24.9 Å². The van der Waals surface area contributed by atoms with Gasteiger partial charge < -0.3 is 19.9 Å². The molecule has 2 rings (SSSR count). The van der Waals surface area contributed by atoms with Gasteiger partial charge in [0.25, 0.3) is 0 Å². The van der Waals surface area contributed by atoms with Crippen molar-refractivity contribution >= 4 is 0 Å². The monoisotopic (exact) mass is 269 g/mol. The lowest BCUT2D eigenvalue weighted by Gasteiger charge is -2.28. The lowest BCUT2D eigenvalue weighted by atomic mass is 10.0. The largest absolute Gasteiger partial charge is 0.508 e. The summed E-state index contributed by atoms with van der Waals surface area (Å²) in [5, 5.41) is 13.0. The van der Waals surface area contributed by atoms with Crippen LogP contribution in [0, 0.1) is 5.82 Å². The van der Waals surface area contributed by atoms with Crippen LogP contribution >= 0.6 is 0 Å². The number of phenols is 1. The standard InChI is InChI=1S/C14H20FNO3/c1-10(12-4-3-11(15)7-13(12)17)16-8-14(18-2)5-6-19-9-14/h3-4,7,10,16-17H,5-6,8-9H2,1-2H3. The average Bonchev–Trinajstić information content (AvgIpc) is 2.85. The maximum absolute atomic E-state index is 12.9. The molecule has 1 fully saturated rings. The third-order valence-electron chi connectivity index (χ3n) is 3.69. The zero-order valence-corrected chi connectivity index (χ0v) is 11.3. The molecule has 1 saturated heterocycles. The van der Waals surface area contributed by atoms with Gasteiger partial charge in [-0.05, 0) is 13.0 Å². The van der Waals surface area contributed by atoms with Crippen LogP contribution in [0.15, 0.2) is 18.2 Å². The van der Waals surface area contributed by atoms with Gasteiger partial charge in [-0.3, -0.25) is 0 Å². The Morgan fingerprint density at radius 2 is 2.37 bits per heavy atom. The highest BCUT2D eigenvalue weighted by atomic mass is 19.1. The molecule has 2 N–H and O–H groups in total. The van der Waals surface area contributed by atoms with E-state index < -0.39 is 5.82 Å². The Morgan fingerprint density at radius 1 is 1.58 bits per heavy atom. The van der Waals surface area contributed by atoms with E-state index in [0.717, 1.165) is 12.5 Å². The van der Waals surface area contributed by atoms with Crippen LogP contribution in [0.2, 0.25) is 0 Å². The minimum absolute atomic E-state index is 0.0332. The summed E-state index contributed by atoms with van der Waals surface area (Å²) < 4.78 is 23.8. The predicted molar refractivity (Wildman–Crippen MR) is 69.7 cm³/mol. The van der Waals surface area contributed by atoms with Crippen molar-refractivity contribution in [3.05, 3.63) is 29.6 Å². The molecular weight excluding hydrogens is 249 g/mol. The van der Waals surface area contributed by atoms with Crippen molar-refractivity contribution in [2.45, 2.75) is 25.0 Å². The molecule has 0 aromatic heterocycles. The highest BCUT2D eigenvalue weighted by Gasteiger charge is 2.35. The molecule has 1 aliphatic rings. The molecular formula is C14H20FNO3. The summed E-state index contributed by atoms with van der Waals surface area (Å²) in [6, 6.07) is 3.97. The summed E-state index contributed by atoms with van der Waals surface area (Å²) in [7, 11) is 1.68. The fourth-order valence-electron chi connectivity index (χ4n) is 2.29. The number of ether oxygens (including phenoxy) is 2. The SMILES string of the molecule is COC1(CNC(C)c2ccc(F)cc2O)CCOC1. The van der Waals surface area contributed by atoms with E-state index in [2.05, 4.69) is 5.32 Å². The summed E-state index contributed by atoms with van der Waals surface area (Å²) in [4.78, 5) is 0. The molecule has 0 aliphatic carbocycles. The molecule has 106 valence electrons. The topological polar surface area (TPSA) is 50.7 Å². The highest BCUT2D eigenvalue weighted by molar-refractivity contribution is 5.34. The second-order valence-corrected chi connectivity index (χ2v) is 5.00. The molecule has 1 aromatic carbocycles. The molecule has 0 saturated carbocycles. The first kappa shape index (κ1) is 14.2. The Hall–Kier alpha value is -1.17. The van der Waals surface area contributed by atoms with Crippen LogP contribution in [0.25, 0.3) is 0 Å². The molecule has 0 spiro atoms. The summed E-state index contributed by atoms with van der Waals surface area (Å²) in [5.41, 5.74) is 0.371. The number of benzene rings is 1. The normalized spacial score (nSPS) is 24.6. The number of phenolic OH excluding ortho intramolecular Hbond substituents is 1. The van der Waals surface area contributed by atoms with E-state index in [1.54, 1.807) is 13.2 Å². The number of rotatable bonds is 5. The lowest BCUT2D eigenvalue weighted by Crippen LogP contribution is -2.43. The van der Waals surface area contributed by atoms with Gasteiger partial charge in [0.2, 0.25) is 0 Å². The predicted octanol–water partition coefficient (Wildman–Crippen LogP) is 1.99. The van der Waals surface area contributed by atoms with Crippen molar-refractivity contribution in [1.29, 1.82) is 0 Å². The van der Waals surface area contributed by atoms with Crippen molar-refractivity contribution in [2.24, 2.45) is 0 Å². The molecule has 4 nitrogen and oxygen atoms in total. The molecule has 0 bridgehead atoms. The van der Waals surface area contributed by atoms with Crippen LogP contribution in [-0.4, -0.2) is 37.6 Å². The van der Waals surface area contributed by atoms with Gasteiger partial charge in [-0.2, -0.15) is 0 Å². The van der Waals surface area contributed by atoms with Crippen molar-refractivity contribution in [3.63, 3.8) is 0 Å². The van der Waals surface area contributed by atoms with Gasteiger partial charge >= 0.3 is 0 Å². The van der Waals surface area contributed by atoms with E-state index >= 15 is 0 Å². The lowest BCUT2D eigenvalue weighted by molar-refractivity contribution is -0.0172. The fourth-order valence-corrected chi connectivity index (χ4v) is 2.29. The summed E-state index contributed by atoms with van der Waals surface area (Å²) in [5.74, 6) is -0.472. The molecule has 19 heavy (non-hydrogen) atoms. The molecule has 0 radical (unpaired) electrons. The molecule has 2 unspecified atom stereocenters. The first-order valence-corrected chi connectivity index (χ1v) is 6.41. The van der Waals surface area contributed by atoms with Crippen LogP contribution in [0.4, 0.5) is 4.39 Å². The smallest absolute Gasteiger partial charge is 0.126 e. The fraction of sp³-hybridized carbons (Fsp3) is 0.571. The van der Waals surface area contributed by atoms with E-state index in [4.69, 9.17) is 9.47 Å². The minimum Gasteiger partial charge on any atom is -0.508 e. The number of aromatic hydroxyl groups is 1. The highest BCUT2D eigenvalue weighted by Crippen LogP contribution is 2.27. The van der Waals surface area contributed by atoms with Crippen LogP contribution in [0.3, 0.4) is 0 Å². The van der Waals surface area contributed by atoms with Gasteiger partial charge in [-0.15, -0.1) is 0 Å². The van der Waals surface area contributed by atoms with Crippen molar-refractivity contribution < 1.29 is 19.0 Å². The van der Waals surface area contributed by atoms with E-state index in [-0.39, 0.29) is 17.4 Å².